The molecular formula is C46H94O4. The fourth-order valence-electron chi connectivity index (χ4n) is 8.07. The lowest BCUT2D eigenvalue weighted by atomic mass is 9.67. The normalized spacial score (nSPS) is 12.4. The highest BCUT2D eigenvalue weighted by atomic mass is 16.5. The number of hydrogen-bond donors (Lipinski definition) is 3. The Morgan fingerprint density at radius 3 is 0.760 bits per heavy atom. The van der Waals surface area contributed by atoms with Crippen molar-refractivity contribution >= 4 is 0 Å². The van der Waals surface area contributed by atoms with Gasteiger partial charge < -0.3 is 20.1 Å². The Kier molecular flexibility index (Phi) is 38.4. The first-order chi connectivity index (χ1) is 24.6. The van der Waals surface area contributed by atoms with Crippen LogP contribution in [-0.4, -0.2) is 47.3 Å². The van der Waals surface area contributed by atoms with E-state index in [9.17, 15) is 15.3 Å². The van der Waals surface area contributed by atoms with E-state index in [1.54, 1.807) is 0 Å². The molecule has 0 aliphatic heterocycles. The second-order valence-corrected chi connectivity index (χ2v) is 16.4. The Balaban J connectivity index is 4.50. The molecular weight excluding hydrogens is 617 g/mol. The molecule has 0 aromatic carbocycles. The molecule has 4 heteroatoms. The molecule has 0 spiro atoms. The van der Waals surface area contributed by atoms with E-state index in [1.807, 2.05) is 0 Å². The van der Waals surface area contributed by atoms with E-state index in [4.69, 9.17) is 4.74 Å². The maximum Gasteiger partial charge on any atom is 0.0804 e. The van der Waals surface area contributed by atoms with Gasteiger partial charge >= 0.3 is 0 Å². The minimum Gasteiger partial charge on any atom is -0.395 e. The zero-order chi connectivity index (χ0) is 36.7. The van der Waals surface area contributed by atoms with Crippen LogP contribution in [0.25, 0.3) is 0 Å². The Hall–Kier alpha value is -0.160. The lowest BCUT2D eigenvalue weighted by molar-refractivity contribution is -0.194. The molecule has 0 aliphatic rings. The van der Waals surface area contributed by atoms with Gasteiger partial charge in [0, 0.05) is 6.61 Å². The third kappa shape index (κ3) is 26.6. The molecule has 0 aliphatic carbocycles. The van der Waals surface area contributed by atoms with Crippen molar-refractivity contribution in [2.45, 2.75) is 264 Å². The monoisotopic (exact) mass is 711 g/mol. The molecule has 0 aromatic heterocycles. The molecule has 0 atom stereocenters. The maximum absolute atomic E-state index is 10.6. The summed E-state index contributed by atoms with van der Waals surface area (Å²) < 4.78 is 6.74. The molecule has 302 valence electrons. The van der Waals surface area contributed by atoms with Gasteiger partial charge in [-0.05, 0) is 19.3 Å². The Morgan fingerprint density at radius 2 is 0.520 bits per heavy atom. The number of aliphatic hydroxyl groups excluding tert-OH is 3. The molecule has 0 rings (SSSR count). The second kappa shape index (κ2) is 38.6. The van der Waals surface area contributed by atoms with Gasteiger partial charge in [0.2, 0.25) is 0 Å². The third-order valence-electron chi connectivity index (χ3n) is 11.9. The number of ether oxygens (including phenoxy) is 1. The van der Waals surface area contributed by atoms with Crippen LogP contribution in [0.1, 0.15) is 258 Å². The van der Waals surface area contributed by atoms with E-state index in [-0.39, 0.29) is 19.8 Å². The van der Waals surface area contributed by atoms with Gasteiger partial charge in [-0.25, -0.2) is 0 Å². The molecule has 50 heavy (non-hydrogen) atoms. The Morgan fingerprint density at radius 1 is 0.300 bits per heavy atom. The number of unbranched alkanes of at least 4 members (excludes halogenated alkanes) is 32. The maximum atomic E-state index is 10.6. The molecule has 3 N–H and O–H groups in total. The minimum atomic E-state index is -0.996. The van der Waals surface area contributed by atoms with Crippen LogP contribution < -0.4 is 0 Å². The van der Waals surface area contributed by atoms with Gasteiger partial charge in [0.25, 0.3) is 0 Å². The molecule has 0 saturated carbocycles. The molecule has 4 nitrogen and oxygen atoms in total. The van der Waals surface area contributed by atoms with Gasteiger partial charge in [0.05, 0.1) is 30.8 Å². The first-order valence-corrected chi connectivity index (χ1v) is 23.1. The summed E-state index contributed by atoms with van der Waals surface area (Å²) in [4.78, 5) is 0. The highest BCUT2D eigenvalue weighted by molar-refractivity contribution is 5.00. The number of hydrogen-bond acceptors (Lipinski definition) is 4. The van der Waals surface area contributed by atoms with Gasteiger partial charge in [0.15, 0.2) is 0 Å². The summed E-state index contributed by atoms with van der Waals surface area (Å²) in [6.45, 7) is 6.74. The average Bonchev–Trinajstić information content (AvgIpc) is 3.13. The van der Waals surface area contributed by atoms with Crippen LogP contribution in [0.2, 0.25) is 0 Å². The van der Waals surface area contributed by atoms with Gasteiger partial charge in [-0.3, -0.25) is 0 Å². The first-order valence-electron chi connectivity index (χ1n) is 23.1. The molecule has 0 bridgehead atoms. The van der Waals surface area contributed by atoms with Crippen LogP contribution in [0.5, 0.6) is 0 Å². The van der Waals surface area contributed by atoms with Gasteiger partial charge in [-0.1, -0.05) is 239 Å². The van der Waals surface area contributed by atoms with Crippen LogP contribution in [-0.2, 0) is 4.74 Å². The topological polar surface area (TPSA) is 69.9 Å². The summed E-state index contributed by atoms with van der Waals surface area (Å²) in [5.74, 6) is 0. The highest BCUT2D eigenvalue weighted by Crippen LogP contribution is 2.43. The summed E-state index contributed by atoms with van der Waals surface area (Å²) >= 11 is 0. The molecule has 0 radical (unpaired) electrons. The molecule has 0 saturated heterocycles. The zero-order valence-electron chi connectivity index (χ0n) is 34.7. The fraction of sp³-hybridized carbons (Fsp3) is 1.00. The van der Waals surface area contributed by atoms with Crippen LogP contribution in [0.15, 0.2) is 0 Å². The zero-order valence-corrected chi connectivity index (χ0v) is 34.7. The lowest BCUT2D eigenvalue weighted by Crippen LogP contribution is -2.57. The van der Waals surface area contributed by atoms with Crippen LogP contribution in [0, 0.1) is 5.41 Å². The summed E-state index contributed by atoms with van der Waals surface area (Å²) in [5, 5.41) is 31.8. The third-order valence-corrected chi connectivity index (χ3v) is 11.9. The molecule has 0 aromatic rings. The van der Waals surface area contributed by atoms with E-state index in [0.717, 1.165) is 57.8 Å². The number of rotatable bonds is 43. The lowest BCUT2D eigenvalue weighted by Gasteiger charge is -2.48. The predicted octanol–water partition coefficient (Wildman–Crippen LogP) is 14.2. The van der Waals surface area contributed by atoms with E-state index in [1.165, 1.54) is 180 Å². The molecule has 0 heterocycles. The second-order valence-electron chi connectivity index (χ2n) is 16.4. The SMILES string of the molecule is CCCCCCCCCCCCCCCCCCC(CCCCCCCCCCCCCCCCCC)(OCCCCC)C(CO)(CO)CO. The standard InChI is InChI=1S/C46H94O4/c1-4-7-10-12-14-16-18-20-22-24-26-28-30-32-34-36-39-46(50-41-38-9-6-3,45(42-47,43-48)44-49)40-37-35-33-31-29-27-25-23-21-19-17-15-13-11-8-5-2/h47-49H,4-44H2,1-3H3. The fourth-order valence-corrected chi connectivity index (χ4v) is 8.07. The van der Waals surface area contributed by atoms with Crippen molar-refractivity contribution in [2.24, 2.45) is 5.41 Å². The molecule has 0 unspecified atom stereocenters. The van der Waals surface area contributed by atoms with Crippen LogP contribution >= 0.6 is 0 Å². The summed E-state index contributed by atoms with van der Waals surface area (Å²) in [6.07, 6.45) is 47.9. The first kappa shape index (κ1) is 49.8. The number of aliphatic hydroxyl groups is 3. The summed E-state index contributed by atoms with van der Waals surface area (Å²) in [6, 6.07) is 0. The summed E-state index contributed by atoms with van der Waals surface area (Å²) in [5.41, 5.74) is -1.66. The van der Waals surface area contributed by atoms with Gasteiger partial charge in [-0.2, -0.15) is 0 Å². The Bertz CT molecular complexity index is 589. The summed E-state index contributed by atoms with van der Waals surface area (Å²) in [7, 11) is 0. The average molecular weight is 711 g/mol. The Labute approximate surface area is 315 Å². The minimum absolute atomic E-state index is 0.231. The van der Waals surface area contributed by atoms with E-state index < -0.39 is 11.0 Å². The van der Waals surface area contributed by atoms with Crippen molar-refractivity contribution in [3.8, 4) is 0 Å². The predicted molar refractivity (Wildman–Crippen MR) is 220 cm³/mol. The van der Waals surface area contributed by atoms with Crippen LogP contribution in [0.4, 0.5) is 0 Å². The molecule has 0 fully saturated rings. The van der Waals surface area contributed by atoms with Crippen molar-refractivity contribution in [3.05, 3.63) is 0 Å². The van der Waals surface area contributed by atoms with Crippen molar-refractivity contribution in [2.75, 3.05) is 26.4 Å². The van der Waals surface area contributed by atoms with E-state index in [0.29, 0.717) is 6.61 Å². The van der Waals surface area contributed by atoms with Crippen molar-refractivity contribution in [1.82, 2.24) is 0 Å². The van der Waals surface area contributed by atoms with Crippen molar-refractivity contribution in [1.29, 1.82) is 0 Å². The highest BCUT2D eigenvalue weighted by Gasteiger charge is 2.50. The molecule has 0 amide bonds. The largest absolute Gasteiger partial charge is 0.395 e. The van der Waals surface area contributed by atoms with Crippen molar-refractivity contribution in [3.63, 3.8) is 0 Å². The quantitative estimate of drug-likeness (QED) is 0.0551. The van der Waals surface area contributed by atoms with Gasteiger partial charge in [0.1, 0.15) is 0 Å². The van der Waals surface area contributed by atoms with E-state index >= 15 is 0 Å². The van der Waals surface area contributed by atoms with Gasteiger partial charge in [-0.15, -0.1) is 0 Å². The smallest absolute Gasteiger partial charge is 0.0804 e. The van der Waals surface area contributed by atoms with Crippen LogP contribution in [0.3, 0.4) is 0 Å². The van der Waals surface area contributed by atoms with Crippen molar-refractivity contribution < 1.29 is 20.1 Å². The van der Waals surface area contributed by atoms with E-state index in [2.05, 4.69) is 20.8 Å².